The molecule has 20 heavy (non-hydrogen) atoms. The fraction of sp³-hybridized carbons (Fsp3) is 0.400. The van der Waals surface area contributed by atoms with Crippen LogP contribution in [-0.4, -0.2) is 38.0 Å². The lowest BCUT2D eigenvalue weighted by Crippen LogP contribution is -2.30. The summed E-state index contributed by atoms with van der Waals surface area (Å²) in [5.74, 6) is 0.0644. The number of thiophene rings is 2. The highest BCUT2D eigenvalue weighted by atomic mass is 32.1. The van der Waals surface area contributed by atoms with Crippen molar-refractivity contribution in [2.45, 2.75) is 12.8 Å². The number of hydrogen-bond donors (Lipinski definition) is 1. The van der Waals surface area contributed by atoms with Crippen LogP contribution in [0.4, 0.5) is 0 Å². The largest absolute Gasteiger partial charge is 0.350 e. The molecule has 0 aromatic carbocycles. The molecule has 0 radical (unpaired) electrons. The average molecular weight is 306 g/mol. The third-order valence-corrected chi connectivity index (χ3v) is 5.64. The first-order valence-corrected chi connectivity index (χ1v) is 8.43. The molecule has 2 heterocycles. The van der Waals surface area contributed by atoms with Gasteiger partial charge in [0.1, 0.15) is 0 Å². The SMILES string of the molecule is CN(C)CCNC(=O)c1cc2c(s1)Cc1ccsc1C2. The van der Waals surface area contributed by atoms with Crippen molar-refractivity contribution in [1.82, 2.24) is 10.2 Å². The molecule has 2 aromatic heterocycles. The summed E-state index contributed by atoms with van der Waals surface area (Å²) in [4.78, 5) is 17.9. The van der Waals surface area contributed by atoms with Crippen LogP contribution in [0.1, 0.15) is 30.6 Å². The number of nitrogens with one attached hydrogen (secondary N) is 1. The summed E-state index contributed by atoms with van der Waals surface area (Å²) in [6, 6.07) is 4.28. The van der Waals surface area contributed by atoms with E-state index < -0.39 is 0 Å². The number of amides is 1. The zero-order valence-corrected chi connectivity index (χ0v) is 13.4. The van der Waals surface area contributed by atoms with Crippen molar-refractivity contribution in [3.63, 3.8) is 0 Å². The van der Waals surface area contributed by atoms with E-state index in [1.165, 1.54) is 20.9 Å². The minimum atomic E-state index is 0.0644. The van der Waals surface area contributed by atoms with Gasteiger partial charge >= 0.3 is 0 Å². The van der Waals surface area contributed by atoms with Crippen LogP contribution in [0.5, 0.6) is 0 Å². The summed E-state index contributed by atoms with van der Waals surface area (Å²) in [6.07, 6.45) is 1.98. The van der Waals surface area contributed by atoms with Crippen LogP contribution in [0.2, 0.25) is 0 Å². The number of carbonyl (C=O) groups is 1. The van der Waals surface area contributed by atoms with Crippen molar-refractivity contribution in [3.8, 4) is 0 Å². The Bertz CT molecular complexity index is 590. The van der Waals surface area contributed by atoms with Gasteiger partial charge in [-0.1, -0.05) is 0 Å². The Labute approximate surface area is 127 Å². The zero-order valence-electron chi connectivity index (χ0n) is 11.7. The fourth-order valence-corrected chi connectivity index (χ4v) is 4.43. The maximum absolute atomic E-state index is 12.1. The van der Waals surface area contributed by atoms with Gasteiger partial charge in [-0.25, -0.2) is 0 Å². The van der Waals surface area contributed by atoms with Crippen LogP contribution in [0.25, 0.3) is 0 Å². The maximum atomic E-state index is 12.1. The molecule has 2 aromatic rings. The zero-order chi connectivity index (χ0) is 14.1. The smallest absolute Gasteiger partial charge is 0.261 e. The quantitative estimate of drug-likeness (QED) is 0.803. The Morgan fingerprint density at radius 2 is 2.10 bits per heavy atom. The number of likely N-dealkylation sites (N-methyl/N-ethyl adjacent to an activating group) is 1. The summed E-state index contributed by atoms with van der Waals surface area (Å²) < 4.78 is 0. The second kappa shape index (κ2) is 5.68. The molecule has 0 bridgehead atoms. The van der Waals surface area contributed by atoms with Gasteiger partial charge < -0.3 is 10.2 Å². The molecule has 0 aliphatic heterocycles. The van der Waals surface area contributed by atoms with Crippen LogP contribution in [0.15, 0.2) is 17.5 Å². The first kappa shape index (κ1) is 13.8. The maximum Gasteiger partial charge on any atom is 0.261 e. The van der Waals surface area contributed by atoms with E-state index >= 15 is 0 Å². The molecule has 0 spiro atoms. The summed E-state index contributed by atoms with van der Waals surface area (Å²) in [7, 11) is 4.02. The van der Waals surface area contributed by atoms with E-state index in [0.717, 1.165) is 24.3 Å². The van der Waals surface area contributed by atoms with E-state index in [1.54, 1.807) is 11.3 Å². The molecule has 106 valence electrons. The average Bonchev–Trinajstić information content (AvgIpc) is 2.99. The van der Waals surface area contributed by atoms with Gasteiger partial charge in [-0.2, -0.15) is 0 Å². The van der Waals surface area contributed by atoms with Crippen LogP contribution >= 0.6 is 22.7 Å². The monoisotopic (exact) mass is 306 g/mol. The number of rotatable bonds is 4. The lowest BCUT2D eigenvalue weighted by molar-refractivity contribution is 0.0955. The summed E-state index contributed by atoms with van der Waals surface area (Å²) in [6.45, 7) is 1.57. The predicted molar refractivity (Wildman–Crippen MR) is 85.1 cm³/mol. The van der Waals surface area contributed by atoms with Crippen LogP contribution in [-0.2, 0) is 12.8 Å². The Morgan fingerprint density at radius 3 is 2.90 bits per heavy atom. The molecule has 1 N–H and O–H groups in total. The normalized spacial score (nSPS) is 13.2. The van der Waals surface area contributed by atoms with Gasteiger partial charge in [-0.05, 0) is 42.7 Å². The van der Waals surface area contributed by atoms with Gasteiger partial charge in [0.2, 0.25) is 0 Å². The molecule has 0 fully saturated rings. The van der Waals surface area contributed by atoms with Crippen molar-refractivity contribution in [3.05, 3.63) is 43.3 Å². The molecular formula is C15H18N2OS2. The minimum absolute atomic E-state index is 0.0644. The third kappa shape index (κ3) is 2.80. The predicted octanol–water partition coefficient (Wildman–Crippen LogP) is 2.60. The Balaban J connectivity index is 1.68. The molecule has 0 unspecified atom stereocenters. The summed E-state index contributed by atoms with van der Waals surface area (Å²) in [5.41, 5.74) is 2.77. The third-order valence-electron chi connectivity index (χ3n) is 3.50. The van der Waals surface area contributed by atoms with Gasteiger partial charge in [0.15, 0.2) is 0 Å². The van der Waals surface area contributed by atoms with Gasteiger partial charge in [0, 0.05) is 35.7 Å². The first-order chi connectivity index (χ1) is 9.63. The highest BCUT2D eigenvalue weighted by molar-refractivity contribution is 7.14. The van der Waals surface area contributed by atoms with Crippen LogP contribution in [0, 0.1) is 0 Å². The highest BCUT2D eigenvalue weighted by Gasteiger charge is 2.21. The van der Waals surface area contributed by atoms with Crippen molar-refractivity contribution < 1.29 is 4.79 Å². The lowest BCUT2D eigenvalue weighted by Gasteiger charge is -2.10. The minimum Gasteiger partial charge on any atom is -0.350 e. The first-order valence-electron chi connectivity index (χ1n) is 6.73. The molecule has 1 aliphatic carbocycles. The van der Waals surface area contributed by atoms with Gasteiger partial charge in [0.05, 0.1) is 4.88 Å². The standard InChI is InChI=1S/C15H18N2OS2/c1-17(2)5-4-16-15(18)14-9-11-8-12-10(3-6-19-12)7-13(11)20-14/h3,6,9H,4-5,7-8H2,1-2H3,(H,16,18). The van der Waals surface area contributed by atoms with E-state index in [2.05, 4.69) is 27.7 Å². The van der Waals surface area contributed by atoms with Crippen molar-refractivity contribution in [2.75, 3.05) is 27.2 Å². The second-order valence-corrected chi connectivity index (χ2v) is 7.48. The molecule has 5 heteroatoms. The molecule has 1 amide bonds. The van der Waals surface area contributed by atoms with Crippen LogP contribution < -0.4 is 5.32 Å². The van der Waals surface area contributed by atoms with Crippen molar-refractivity contribution in [2.24, 2.45) is 0 Å². The number of fused-ring (bicyclic) bond motifs is 2. The lowest BCUT2D eigenvalue weighted by atomic mass is 9.98. The molecule has 0 atom stereocenters. The Kier molecular flexibility index (Phi) is 3.92. The number of carbonyl (C=O) groups excluding carboxylic acids is 1. The molecule has 0 saturated carbocycles. The Hall–Kier alpha value is -1.17. The molecule has 3 nitrogen and oxygen atoms in total. The van der Waals surface area contributed by atoms with Gasteiger partial charge in [-0.3, -0.25) is 4.79 Å². The molecule has 1 aliphatic rings. The van der Waals surface area contributed by atoms with E-state index in [1.807, 2.05) is 25.4 Å². The molecule has 0 saturated heterocycles. The topological polar surface area (TPSA) is 32.3 Å². The van der Waals surface area contributed by atoms with Crippen molar-refractivity contribution in [1.29, 1.82) is 0 Å². The molecular weight excluding hydrogens is 288 g/mol. The van der Waals surface area contributed by atoms with Crippen molar-refractivity contribution >= 4 is 28.6 Å². The van der Waals surface area contributed by atoms with E-state index in [-0.39, 0.29) is 5.91 Å². The van der Waals surface area contributed by atoms with E-state index in [9.17, 15) is 4.79 Å². The van der Waals surface area contributed by atoms with E-state index in [4.69, 9.17) is 0 Å². The second-order valence-electron chi connectivity index (χ2n) is 5.34. The Morgan fingerprint density at radius 1 is 1.30 bits per heavy atom. The number of hydrogen-bond acceptors (Lipinski definition) is 4. The highest BCUT2D eigenvalue weighted by Crippen LogP contribution is 2.35. The van der Waals surface area contributed by atoms with Gasteiger partial charge in [0.25, 0.3) is 5.91 Å². The van der Waals surface area contributed by atoms with Crippen LogP contribution in [0.3, 0.4) is 0 Å². The van der Waals surface area contributed by atoms with Gasteiger partial charge in [-0.15, -0.1) is 22.7 Å². The summed E-state index contributed by atoms with van der Waals surface area (Å²) >= 11 is 3.47. The molecule has 3 rings (SSSR count). The summed E-state index contributed by atoms with van der Waals surface area (Å²) in [5, 5.41) is 5.15. The fourth-order valence-electron chi connectivity index (χ4n) is 2.38. The van der Waals surface area contributed by atoms with E-state index in [0.29, 0.717) is 6.54 Å². The number of nitrogens with zero attached hydrogens (tertiary/aromatic N) is 1.